The third kappa shape index (κ3) is 12.7. The summed E-state index contributed by atoms with van der Waals surface area (Å²) in [5.74, 6) is 0.0607. The quantitative estimate of drug-likeness (QED) is 0.101. The van der Waals surface area contributed by atoms with E-state index >= 15 is 0 Å². The van der Waals surface area contributed by atoms with Crippen molar-refractivity contribution in [2.24, 2.45) is 0 Å². The second-order valence-corrected chi connectivity index (χ2v) is 13.6. The number of ether oxygens (including phenoxy) is 2. The molecule has 2 aromatic heterocycles. The number of carboxylic acids is 1. The number of halogens is 3. The number of oxazole rings is 2. The Morgan fingerprint density at radius 3 is 1.70 bits per heavy atom. The summed E-state index contributed by atoms with van der Waals surface area (Å²) in [6.07, 6.45) is 3.64. The van der Waals surface area contributed by atoms with Crippen molar-refractivity contribution in [3.8, 4) is 34.4 Å². The van der Waals surface area contributed by atoms with E-state index in [4.69, 9.17) is 13.6 Å². The summed E-state index contributed by atoms with van der Waals surface area (Å²) in [4.78, 5) is 31.0. The number of nitrogens with zero attached hydrogens (tertiary/aromatic N) is 2. The van der Waals surface area contributed by atoms with Crippen LogP contribution >= 0.6 is 47.8 Å². The van der Waals surface area contributed by atoms with Crippen molar-refractivity contribution in [1.82, 2.24) is 9.97 Å². The Morgan fingerprint density at radius 2 is 1.22 bits per heavy atom. The monoisotopic (exact) mass is 928 g/mol. The third-order valence-corrected chi connectivity index (χ3v) is 9.15. The fourth-order valence-corrected chi connectivity index (χ4v) is 5.73. The number of rotatable bonds is 10. The van der Waals surface area contributed by atoms with Crippen molar-refractivity contribution in [3.05, 3.63) is 141 Å². The van der Waals surface area contributed by atoms with Gasteiger partial charge >= 0.3 is 11.9 Å². The normalized spacial score (nSPS) is 11.1. The summed E-state index contributed by atoms with van der Waals surface area (Å²) in [6.45, 7) is 3.98. The van der Waals surface area contributed by atoms with Crippen molar-refractivity contribution in [3.63, 3.8) is 0 Å². The lowest BCUT2D eigenvalue weighted by Crippen LogP contribution is -2.18. The number of carbonyl (C=O) groups excluding carboxylic acids is 1. The Balaban J connectivity index is 0.000000298. The van der Waals surface area contributed by atoms with Gasteiger partial charge in [-0.25, -0.2) is 14.8 Å². The Labute approximate surface area is 341 Å². The number of phenols is 1. The van der Waals surface area contributed by atoms with E-state index in [2.05, 4.69) is 62.5 Å². The summed E-state index contributed by atoms with van der Waals surface area (Å²) in [6, 6.07) is 28.7. The predicted molar refractivity (Wildman–Crippen MR) is 221 cm³/mol. The zero-order valence-electron chi connectivity index (χ0n) is 28.3. The molecule has 0 spiro atoms. The van der Waals surface area contributed by atoms with Crippen LogP contribution in [0.2, 0.25) is 0 Å². The molecule has 6 rings (SSSR count). The number of carboxylic acid groups (broad SMARTS) is 1. The minimum Gasteiger partial charge on any atom is -0.507 e. The van der Waals surface area contributed by atoms with Crippen LogP contribution in [0.1, 0.15) is 62.1 Å². The topological polar surface area (TPSA) is 145 Å². The van der Waals surface area contributed by atoms with Gasteiger partial charge in [0.2, 0.25) is 17.9 Å². The van der Waals surface area contributed by atoms with E-state index < -0.39 is 12.1 Å². The van der Waals surface area contributed by atoms with Crippen LogP contribution in [0.25, 0.3) is 22.9 Å². The number of benzene rings is 4. The van der Waals surface area contributed by atoms with Crippen molar-refractivity contribution in [2.75, 3.05) is 7.11 Å². The number of esters is 1. The molecule has 54 heavy (non-hydrogen) atoms. The van der Waals surface area contributed by atoms with Crippen molar-refractivity contribution < 1.29 is 38.1 Å². The van der Waals surface area contributed by atoms with Gasteiger partial charge in [-0.05, 0) is 54.8 Å². The Hall–Kier alpha value is -4.72. The van der Waals surface area contributed by atoms with Gasteiger partial charge in [-0.1, -0.05) is 137 Å². The highest BCUT2D eigenvalue weighted by atomic mass is 79.9. The Morgan fingerprint density at radius 1 is 0.741 bits per heavy atom. The molecular weight excluding hydrogens is 888 g/mol. The SMILES string of the molecule is C.C.CCc1coc(-c2cc(Br)ccc2O)n1.CCc1coc(-c2cc(Br)ccc2OC(C(=O)O)c2ccccc2)n1.COC(=O)C(Br)c1ccccc1. The third-order valence-electron chi connectivity index (χ3n) is 7.26. The maximum atomic E-state index is 11.7. The average molecular weight is 932 g/mol. The maximum Gasteiger partial charge on any atom is 0.349 e. The van der Waals surface area contributed by atoms with Gasteiger partial charge in [0.15, 0.2) is 0 Å². The molecule has 6 aromatic rings. The molecule has 0 radical (unpaired) electrons. The van der Waals surface area contributed by atoms with E-state index in [9.17, 15) is 19.8 Å². The van der Waals surface area contributed by atoms with Crippen LogP contribution in [0.4, 0.5) is 0 Å². The van der Waals surface area contributed by atoms with Crippen LogP contribution in [-0.2, 0) is 27.2 Å². The van der Waals surface area contributed by atoms with E-state index in [0.29, 0.717) is 34.2 Å². The number of aliphatic carboxylic acids is 1. The molecule has 0 aliphatic rings. The summed E-state index contributed by atoms with van der Waals surface area (Å²) >= 11 is 9.99. The minimum atomic E-state index is -1.12. The van der Waals surface area contributed by atoms with Gasteiger partial charge in [0.1, 0.15) is 28.9 Å². The van der Waals surface area contributed by atoms with E-state index in [-0.39, 0.29) is 31.4 Å². The van der Waals surface area contributed by atoms with Crippen LogP contribution in [0.15, 0.2) is 127 Å². The van der Waals surface area contributed by atoms with Crippen LogP contribution in [0.3, 0.4) is 0 Å². The summed E-state index contributed by atoms with van der Waals surface area (Å²) in [5, 5.41) is 19.2. The first-order chi connectivity index (χ1) is 25.0. The molecule has 0 fully saturated rings. The molecule has 2 atom stereocenters. The minimum absolute atomic E-state index is 0. The first kappa shape index (κ1) is 45.4. The Kier molecular flexibility index (Phi) is 18.9. The van der Waals surface area contributed by atoms with Gasteiger partial charge < -0.3 is 28.5 Å². The number of methoxy groups -OCH3 is 1. The number of hydrogen-bond donors (Lipinski definition) is 2. The number of alkyl halides is 1. The molecule has 0 aliphatic carbocycles. The predicted octanol–water partition coefficient (Wildman–Crippen LogP) is 11.8. The van der Waals surface area contributed by atoms with Crippen LogP contribution in [0.5, 0.6) is 11.5 Å². The molecule has 0 saturated heterocycles. The highest BCUT2D eigenvalue weighted by molar-refractivity contribution is 9.10. The summed E-state index contributed by atoms with van der Waals surface area (Å²) < 4.78 is 22.9. The molecule has 2 N–H and O–H groups in total. The first-order valence-electron chi connectivity index (χ1n) is 15.9. The molecule has 0 saturated carbocycles. The first-order valence-corrected chi connectivity index (χ1v) is 18.4. The molecular formula is C41H43Br3N2O8. The molecule has 0 bridgehead atoms. The molecule has 0 aliphatic heterocycles. The number of carbonyl (C=O) groups is 2. The van der Waals surface area contributed by atoms with Crippen LogP contribution in [-0.4, -0.2) is 39.2 Å². The van der Waals surface area contributed by atoms with Gasteiger partial charge in [0, 0.05) is 14.5 Å². The molecule has 13 heteroatoms. The number of aromatic nitrogens is 2. The van der Waals surface area contributed by atoms with Gasteiger partial charge in [-0.2, -0.15) is 0 Å². The van der Waals surface area contributed by atoms with Crippen molar-refractivity contribution >= 4 is 59.7 Å². The molecule has 2 unspecified atom stereocenters. The number of phenolic OH excluding ortho intramolecular Hbond substituents is 1. The second-order valence-electron chi connectivity index (χ2n) is 10.8. The van der Waals surface area contributed by atoms with E-state index in [1.165, 1.54) is 7.11 Å². The van der Waals surface area contributed by atoms with E-state index in [1.807, 2.05) is 50.2 Å². The fraction of sp³-hybridized carbons (Fsp3) is 0.220. The Bertz CT molecular complexity index is 2050. The smallest absolute Gasteiger partial charge is 0.349 e. The van der Waals surface area contributed by atoms with Crippen LogP contribution in [0, 0.1) is 0 Å². The molecule has 4 aromatic carbocycles. The highest BCUT2D eigenvalue weighted by Gasteiger charge is 2.24. The molecule has 0 amide bonds. The van der Waals surface area contributed by atoms with Gasteiger partial charge in [0.05, 0.1) is 29.6 Å². The maximum absolute atomic E-state index is 11.7. The average Bonchev–Trinajstić information content (AvgIpc) is 3.86. The zero-order valence-corrected chi connectivity index (χ0v) is 33.1. The molecule has 286 valence electrons. The molecule has 10 nitrogen and oxygen atoms in total. The molecule has 2 heterocycles. The standard InChI is InChI=1S/C19H16BrNO4.C11H10BrNO2.C9H9BrO2.2CH4/c1-2-14-11-24-18(21-14)15-10-13(20)8-9-16(15)25-17(19(22)23)12-6-4-3-5-7-12;1-2-8-6-15-11(13-8)9-5-7(12)3-4-10(9)14;1-12-9(11)8(10)7-5-3-2-4-6-7;;/h3-11,17H,2H2,1H3,(H,22,23);3-6,14H,2H2,1H3;2-6,8H,1H3;2*1H4. The van der Waals surface area contributed by atoms with Crippen LogP contribution < -0.4 is 4.74 Å². The summed E-state index contributed by atoms with van der Waals surface area (Å²) in [7, 11) is 1.37. The van der Waals surface area contributed by atoms with Gasteiger partial charge in [0.25, 0.3) is 0 Å². The second kappa shape index (κ2) is 22.5. The van der Waals surface area contributed by atoms with Crippen molar-refractivity contribution in [2.45, 2.75) is 52.5 Å². The lowest BCUT2D eigenvalue weighted by molar-refractivity contribution is -0.145. The van der Waals surface area contributed by atoms with Gasteiger partial charge in [-0.15, -0.1) is 0 Å². The lowest BCUT2D eigenvalue weighted by atomic mass is 10.1. The number of hydrogen-bond acceptors (Lipinski definition) is 9. The fourth-order valence-electron chi connectivity index (χ4n) is 4.52. The van der Waals surface area contributed by atoms with Crippen molar-refractivity contribution in [1.29, 1.82) is 0 Å². The van der Waals surface area contributed by atoms with E-state index in [0.717, 1.165) is 38.7 Å². The van der Waals surface area contributed by atoms with E-state index in [1.54, 1.807) is 73.2 Å². The number of aryl methyl sites for hydroxylation is 2. The van der Waals surface area contributed by atoms with Gasteiger partial charge in [-0.3, -0.25) is 4.79 Å². The largest absolute Gasteiger partial charge is 0.507 e. The highest BCUT2D eigenvalue weighted by Crippen LogP contribution is 2.35. The number of aromatic hydroxyl groups is 1. The zero-order chi connectivity index (χ0) is 37.6. The lowest BCUT2D eigenvalue weighted by Gasteiger charge is -2.17. The summed E-state index contributed by atoms with van der Waals surface area (Å²) in [5.41, 5.74) is 4.36.